The SMILES string of the molecule is CC(=O)NCCNC(=O)c1cc(NCc2cccc(-c3ccccc3C)c2)cc(S(=O)(=O)N(C)C)c1. The van der Waals surface area contributed by atoms with Gasteiger partial charge in [0.05, 0.1) is 4.90 Å². The molecule has 36 heavy (non-hydrogen) atoms. The summed E-state index contributed by atoms with van der Waals surface area (Å²) in [6.45, 7) is 4.40. The number of hydrogen-bond donors (Lipinski definition) is 3. The number of aryl methyl sites for hydroxylation is 1. The first-order valence-electron chi connectivity index (χ1n) is 11.6. The summed E-state index contributed by atoms with van der Waals surface area (Å²) < 4.78 is 26.7. The van der Waals surface area contributed by atoms with E-state index in [9.17, 15) is 18.0 Å². The van der Waals surface area contributed by atoms with Gasteiger partial charge in [0, 0.05) is 51.9 Å². The average molecular weight is 509 g/mol. The number of nitrogens with one attached hydrogen (secondary N) is 3. The normalized spacial score (nSPS) is 11.2. The molecule has 0 atom stereocenters. The van der Waals surface area contributed by atoms with Crippen LogP contribution in [0.1, 0.15) is 28.4 Å². The maximum atomic E-state index is 12.8. The first kappa shape index (κ1) is 26.9. The first-order valence-corrected chi connectivity index (χ1v) is 13.0. The van der Waals surface area contributed by atoms with Crippen LogP contribution < -0.4 is 16.0 Å². The Bertz CT molecular complexity index is 1350. The van der Waals surface area contributed by atoms with Crippen molar-refractivity contribution in [2.45, 2.75) is 25.3 Å². The number of hydrogen-bond acceptors (Lipinski definition) is 5. The van der Waals surface area contributed by atoms with Gasteiger partial charge in [-0.1, -0.05) is 42.5 Å². The maximum Gasteiger partial charge on any atom is 0.251 e. The zero-order chi connectivity index (χ0) is 26.3. The molecule has 0 unspecified atom stereocenters. The van der Waals surface area contributed by atoms with Crippen LogP contribution >= 0.6 is 0 Å². The Labute approximate surface area is 212 Å². The molecule has 3 rings (SSSR count). The third kappa shape index (κ3) is 6.93. The summed E-state index contributed by atoms with van der Waals surface area (Å²) in [5.41, 5.74) is 5.15. The molecule has 3 aromatic carbocycles. The van der Waals surface area contributed by atoms with Gasteiger partial charge in [0.1, 0.15) is 0 Å². The Kier molecular flexibility index (Phi) is 8.84. The number of sulfonamides is 1. The van der Waals surface area contributed by atoms with Gasteiger partial charge in [-0.2, -0.15) is 0 Å². The molecule has 0 fully saturated rings. The molecule has 0 aliphatic rings. The second-order valence-corrected chi connectivity index (χ2v) is 10.8. The van der Waals surface area contributed by atoms with Gasteiger partial charge in [0.2, 0.25) is 15.9 Å². The van der Waals surface area contributed by atoms with Crippen LogP contribution in [0, 0.1) is 6.92 Å². The third-order valence-corrected chi connectivity index (χ3v) is 7.40. The summed E-state index contributed by atoms with van der Waals surface area (Å²) in [4.78, 5) is 23.8. The van der Waals surface area contributed by atoms with Crippen molar-refractivity contribution in [2.24, 2.45) is 0 Å². The number of carbonyl (C=O) groups excluding carboxylic acids is 2. The molecule has 2 amide bonds. The summed E-state index contributed by atoms with van der Waals surface area (Å²) in [6.07, 6.45) is 0. The molecule has 0 aliphatic carbocycles. The lowest BCUT2D eigenvalue weighted by Gasteiger charge is -2.16. The Morgan fingerprint density at radius 3 is 2.31 bits per heavy atom. The third-order valence-electron chi connectivity index (χ3n) is 5.61. The molecule has 9 heteroatoms. The highest BCUT2D eigenvalue weighted by Crippen LogP contribution is 2.25. The van der Waals surface area contributed by atoms with E-state index in [-0.39, 0.29) is 29.5 Å². The van der Waals surface area contributed by atoms with Crippen molar-refractivity contribution < 1.29 is 18.0 Å². The minimum absolute atomic E-state index is 0.0122. The smallest absolute Gasteiger partial charge is 0.251 e. The Hall–Kier alpha value is -3.69. The van der Waals surface area contributed by atoms with E-state index in [1.165, 1.54) is 38.7 Å². The van der Waals surface area contributed by atoms with Crippen molar-refractivity contribution >= 4 is 27.5 Å². The summed E-state index contributed by atoms with van der Waals surface area (Å²) in [7, 11) is -0.878. The van der Waals surface area contributed by atoms with E-state index in [2.05, 4.69) is 47.1 Å². The van der Waals surface area contributed by atoms with E-state index in [0.717, 1.165) is 21.0 Å². The zero-order valence-corrected chi connectivity index (χ0v) is 21.8. The summed E-state index contributed by atoms with van der Waals surface area (Å²) in [5.74, 6) is -0.623. The number of carbonyl (C=O) groups is 2. The lowest BCUT2D eigenvalue weighted by molar-refractivity contribution is -0.118. The Morgan fingerprint density at radius 1 is 0.889 bits per heavy atom. The summed E-state index contributed by atoms with van der Waals surface area (Å²) in [5, 5.41) is 8.57. The molecule has 0 heterocycles. The second-order valence-electron chi connectivity index (χ2n) is 8.64. The predicted molar refractivity (Wildman–Crippen MR) is 142 cm³/mol. The van der Waals surface area contributed by atoms with Crippen LogP contribution in [0.2, 0.25) is 0 Å². The summed E-state index contributed by atoms with van der Waals surface area (Å²) >= 11 is 0. The van der Waals surface area contributed by atoms with Gasteiger partial charge in [0.15, 0.2) is 0 Å². The molecule has 0 aliphatic heterocycles. The fourth-order valence-electron chi connectivity index (χ4n) is 3.66. The zero-order valence-electron chi connectivity index (χ0n) is 21.0. The van der Waals surface area contributed by atoms with Crippen LogP contribution in [-0.2, 0) is 21.4 Å². The standard InChI is InChI=1S/C27H32N4O4S/c1-19-8-5-6-11-26(19)22-10-7-9-21(14-22)18-30-24-15-23(27(33)29-13-12-28-20(2)32)16-25(17-24)36(34,35)31(3)4/h5-11,14-17,30H,12-13,18H2,1-4H3,(H,28,32)(H,29,33). The van der Waals surface area contributed by atoms with Crippen molar-refractivity contribution in [3.05, 3.63) is 83.4 Å². The van der Waals surface area contributed by atoms with Crippen LogP contribution in [0.25, 0.3) is 11.1 Å². The molecule has 3 aromatic rings. The minimum Gasteiger partial charge on any atom is -0.381 e. The van der Waals surface area contributed by atoms with Crippen LogP contribution in [0.5, 0.6) is 0 Å². The molecule has 8 nitrogen and oxygen atoms in total. The molecule has 0 radical (unpaired) electrons. The highest BCUT2D eigenvalue weighted by atomic mass is 32.2. The van der Waals surface area contributed by atoms with Gasteiger partial charge in [-0.15, -0.1) is 0 Å². The lowest BCUT2D eigenvalue weighted by Crippen LogP contribution is -2.33. The topological polar surface area (TPSA) is 108 Å². The van der Waals surface area contributed by atoms with Crippen LogP contribution in [0.3, 0.4) is 0 Å². The molecule has 0 spiro atoms. The van der Waals surface area contributed by atoms with E-state index >= 15 is 0 Å². The quantitative estimate of drug-likeness (QED) is 0.364. The fourth-order valence-corrected chi connectivity index (χ4v) is 4.63. The summed E-state index contributed by atoms with van der Waals surface area (Å²) in [6, 6.07) is 20.8. The second kappa shape index (κ2) is 11.8. The molecule has 0 aromatic heterocycles. The van der Waals surface area contributed by atoms with Crippen molar-refractivity contribution in [1.29, 1.82) is 0 Å². The van der Waals surface area contributed by atoms with Gasteiger partial charge in [-0.25, -0.2) is 12.7 Å². The predicted octanol–water partition coefficient (Wildman–Crippen LogP) is 3.39. The Balaban J connectivity index is 1.84. The fraction of sp³-hybridized carbons (Fsp3) is 0.259. The van der Waals surface area contributed by atoms with Gasteiger partial charge in [-0.05, 0) is 53.4 Å². The van der Waals surface area contributed by atoms with Gasteiger partial charge in [-0.3, -0.25) is 9.59 Å². The lowest BCUT2D eigenvalue weighted by atomic mass is 9.99. The molecule has 190 valence electrons. The molecular weight excluding hydrogens is 476 g/mol. The number of rotatable bonds is 10. The Morgan fingerprint density at radius 2 is 1.61 bits per heavy atom. The van der Waals surface area contributed by atoms with Gasteiger partial charge < -0.3 is 16.0 Å². The maximum absolute atomic E-state index is 12.8. The largest absolute Gasteiger partial charge is 0.381 e. The van der Waals surface area contributed by atoms with Gasteiger partial charge in [0.25, 0.3) is 5.91 Å². The monoisotopic (exact) mass is 508 g/mol. The van der Waals surface area contributed by atoms with Crippen LogP contribution in [0.4, 0.5) is 5.69 Å². The van der Waals surface area contributed by atoms with Crippen LogP contribution in [0.15, 0.2) is 71.6 Å². The minimum atomic E-state index is -3.77. The van der Waals surface area contributed by atoms with E-state index in [0.29, 0.717) is 12.2 Å². The van der Waals surface area contributed by atoms with Crippen molar-refractivity contribution in [1.82, 2.24) is 14.9 Å². The number of nitrogens with zero attached hydrogens (tertiary/aromatic N) is 1. The number of anilines is 1. The van der Waals surface area contributed by atoms with E-state index < -0.39 is 15.9 Å². The molecule has 0 saturated heterocycles. The average Bonchev–Trinajstić information content (AvgIpc) is 2.85. The molecule has 0 saturated carbocycles. The number of benzene rings is 3. The molecule has 0 bridgehead atoms. The number of amides is 2. The van der Waals surface area contributed by atoms with Gasteiger partial charge >= 0.3 is 0 Å². The molecular formula is C27H32N4O4S. The van der Waals surface area contributed by atoms with E-state index in [4.69, 9.17) is 0 Å². The van der Waals surface area contributed by atoms with E-state index in [1.807, 2.05) is 24.3 Å². The highest BCUT2D eigenvalue weighted by Gasteiger charge is 2.20. The molecule has 3 N–H and O–H groups in total. The van der Waals surface area contributed by atoms with Crippen molar-refractivity contribution in [3.63, 3.8) is 0 Å². The van der Waals surface area contributed by atoms with Crippen molar-refractivity contribution in [2.75, 3.05) is 32.5 Å². The van der Waals surface area contributed by atoms with Crippen molar-refractivity contribution in [3.8, 4) is 11.1 Å². The van der Waals surface area contributed by atoms with E-state index in [1.54, 1.807) is 6.07 Å². The van der Waals surface area contributed by atoms with Crippen LogP contribution in [-0.4, -0.2) is 51.7 Å². The first-order chi connectivity index (χ1) is 17.1. The highest BCUT2D eigenvalue weighted by molar-refractivity contribution is 7.89.